The standard InChI is InChI=1S/C18H18N2O5S/c1-13-8-9-15(20(22)23)12-16(13)26(24,25)19-17(21)18(10-5-11-18)14-6-3-2-4-7-14/h2-4,6-9,12H,5,10-11H2,1H3,(H,19,21). The maximum Gasteiger partial charge on any atom is 0.270 e. The Labute approximate surface area is 151 Å². The van der Waals surface area contributed by atoms with Gasteiger partial charge < -0.3 is 0 Å². The molecule has 0 saturated heterocycles. The fourth-order valence-corrected chi connectivity index (χ4v) is 4.52. The Morgan fingerprint density at radius 1 is 1.15 bits per heavy atom. The minimum absolute atomic E-state index is 0.261. The number of nitrogens with zero attached hydrogens (tertiary/aromatic N) is 1. The molecule has 0 unspecified atom stereocenters. The molecular formula is C18H18N2O5S. The third kappa shape index (κ3) is 3.08. The molecule has 8 heteroatoms. The van der Waals surface area contributed by atoms with E-state index in [2.05, 4.69) is 4.72 Å². The first-order chi connectivity index (χ1) is 12.3. The van der Waals surface area contributed by atoms with Gasteiger partial charge in [-0.3, -0.25) is 14.9 Å². The molecular weight excluding hydrogens is 356 g/mol. The molecule has 3 rings (SSSR count). The van der Waals surface area contributed by atoms with E-state index in [-0.39, 0.29) is 10.6 Å². The Kier molecular flexibility index (Phi) is 4.53. The first-order valence-electron chi connectivity index (χ1n) is 8.14. The topological polar surface area (TPSA) is 106 Å². The number of nitro groups is 1. The second-order valence-corrected chi connectivity index (χ2v) is 8.09. The molecule has 7 nitrogen and oxygen atoms in total. The molecule has 1 fully saturated rings. The van der Waals surface area contributed by atoms with Gasteiger partial charge in [-0.25, -0.2) is 13.1 Å². The van der Waals surface area contributed by atoms with Crippen LogP contribution in [-0.4, -0.2) is 19.2 Å². The molecule has 2 aromatic rings. The van der Waals surface area contributed by atoms with Gasteiger partial charge >= 0.3 is 0 Å². The molecule has 0 heterocycles. The summed E-state index contributed by atoms with van der Waals surface area (Å²) in [7, 11) is -4.22. The van der Waals surface area contributed by atoms with Gasteiger partial charge in [0.05, 0.1) is 15.2 Å². The van der Waals surface area contributed by atoms with Crippen molar-refractivity contribution in [2.24, 2.45) is 0 Å². The monoisotopic (exact) mass is 374 g/mol. The molecule has 0 aromatic heterocycles. The molecule has 1 aliphatic rings. The Morgan fingerprint density at radius 2 is 1.81 bits per heavy atom. The molecule has 0 bridgehead atoms. The SMILES string of the molecule is Cc1ccc([N+](=O)[O-])cc1S(=O)(=O)NC(=O)C1(c2ccccc2)CCC1. The lowest BCUT2D eigenvalue weighted by Gasteiger charge is -2.40. The van der Waals surface area contributed by atoms with Gasteiger partial charge in [-0.2, -0.15) is 0 Å². The van der Waals surface area contributed by atoms with Crippen LogP contribution in [0.1, 0.15) is 30.4 Å². The van der Waals surface area contributed by atoms with Crippen LogP contribution in [0, 0.1) is 17.0 Å². The number of nitro benzene ring substituents is 1. The van der Waals surface area contributed by atoms with Crippen molar-refractivity contribution in [2.45, 2.75) is 36.5 Å². The number of sulfonamides is 1. The number of aryl methyl sites for hydroxylation is 1. The molecule has 0 radical (unpaired) electrons. The first-order valence-corrected chi connectivity index (χ1v) is 9.62. The van der Waals surface area contributed by atoms with Crippen LogP contribution in [0.3, 0.4) is 0 Å². The van der Waals surface area contributed by atoms with Crippen molar-refractivity contribution < 1.29 is 18.1 Å². The van der Waals surface area contributed by atoms with Crippen LogP contribution in [0.2, 0.25) is 0 Å². The highest BCUT2D eigenvalue weighted by molar-refractivity contribution is 7.90. The van der Waals surface area contributed by atoms with Gasteiger partial charge in [-0.05, 0) is 30.9 Å². The summed E-state index contributed by atoms with van der Waals surface area (Å²) in [5.41, 5.74) is -0.110. The number of benzene rings is 2. The molecule has 136 valence electrons. The van der Waals surface area contributed by atoms with E-state index in [0.29, 0.717) is 18.4 Å². The third-order valence-corrected chi connectivity index (χ3v) is 6.34. The number of hydrogen-bond donors (Lipinski definition) is 1. The van der Waals surface area contributed by atoms with Crippen molar-refractivity contribution in [3.8, 4) is 0 Å². The Morgan fingerprint density at radius 3 is 2.35 bits per heavy atom. The smallest absolute Gasteiger partial charge is 0.270 e. The van der Waals surface area contributed by atoms with Crippen LogP contribution in [0.15, 0.2) is 53.4 Å². The normalized spacial score (nSPS) is 15.7. The lowest BCUT2D eigenvalue weighted by Crippen LogP contribution is -2.50. The molecule has 1 aliphatic carbocycles. The highest BCUT2D eigenvalue weighted by Crippen LogP contribution is 2.44. The molecule has 0 aliphatic heterocycles. The zero-order valence-corrected chi connectivity index (χ0v) is 15.0. The predicted octanol–water partition coefficient (Wildman–Crippen LogP) is 2.83. The quantitative estimate of drug-likeness (QED) is 0.640. The minimum Gasteiger partial charge on any atom is -0.273 e. The van der Waals surface area contributed by atoms with E-state index >= 15 is 0 Å². The Bertz CT molecular complexity index is 966. The number of nitrogens with one attached hydrogen (secondary N) is 1. The number of carbonyl (C=O) groups is 1. The highest BCUT2D eigenvalue weighted by Gasteiger charge is 2.47. The number of non-ortho nitro benzene ring substituents is 1. The number of amides is 1. The molecule has 0 spiro atoms. The van der Waals surface area contributed by atoms with Gasteiger partial charge in [0.25, 0.3) is 15.7 Å². The zero-order chi connectivity index (χ0) is 18.9. The predicted molar refractivity (Wildman–Crippen MR) is 95.1 cm³/mol. The van der Waals surface area contributed by atoms with Crippen LogP contribution < -0.4 is 4.72 Å². The summed E-state index contributed by atoms with van der Waals surface area (Å²) in [4.78, 5) is 22.8. The number of rotatable bonds is 5. The zero-order valence-electron chi connectivity index (χ0n) is 14.1. The minimum atomic E-state index is -4.22. The van der Waals surface area contributed by atoms with E-state index < -0.39 is 26.3 Å². The second kappa shape index (κ2) is 6.53. The van der Waals surface area contributed by atoms with E-state index in [1.54, 1.807) is 0 Å². The van der Waals surface area contributed by atoms with E-state index in [9.17, 15) is 23.3 Å². The van der Waals surface area contributed by atoms with E-state index in [0.717, 1.165) is 18.1 Å². The molecule has 26 heavy (non-hydrogen) atoms. The second-order valence-electron chi connectivity index (χ2n) is 6.44. The van der Waals surface area contributed by atoms with Gasteiger partial charge in [0, 0.05) is 12.1 Å². The average Bonchev–Trinajstić information content (AvgIpc) is 2.54. The van der Waals surface area contributed by atoms with Crippen molar-refractivity contribution >= 4 is 21.6 Å². The van der Waals surface area contributed by atoms with Gasteiger partial charge in [-0.1, -0.05) is 42.8 Å². The summed E-state index contributed by atoms with van der Waals surface area (Å²) in [6.07, 6.45) is 1.96. The average molecular weight is 374 g/mol. The number of hydrogen-bond acceptors (Lipinski definition) is 5. The van der Waals surface area contributed by atoms with Gasteiger partial charge in [-0.15, -0.1) is 0 Å². The van der Waals surface area contributed by atoms with Crippen LogP contribution in [0.25, 0.3) is 0 Å². The van der Waals surface area contributed by atoms with Crippen molar-refractivity contribution in [1.82, 2.24) is 4.72 Å². The van der Waals surface area contributed by atoms with Gasteiger partial charge in [0.15, 0.2) is 0 Å². The molecule has 0 atom stereocenters. The summed E-state index contributed by atoms with van der Waals surface area (Å²) in [5.74, 6) is -0.596. The summed E-state index contributed by atoms with van der Waals surface area (Å²) >= 11 is 0. The van der Waals surface area contributed by atoms with E-state index in [1.807, 2.05) is 30.3 Å². The summed E-state index contributed by atoms with van der Waals surface area (Å²) in [6, 6.07) is 12.6. The van der Waals surface area contributed by atoms with E-state index in [1.165, 1.54) is 19.1 Å². The van der Waals surface area contributed by atoms with Gasteiger partial charge in [0.1, 0.15) is 0 Å². The largest absolute Gasteiger partial charge is 0.273 e. The lowest BCUT2D eigenvalue weighted by atomic mass is 9.64. The lowest BCUT2D eigenvalue weighted by molar-refractivity contribution is -0.385. The Balaban J connectivity index is 1.94. The molecule has 1 N–H and O–H groups in total. The fraction of sp³-hybridized carbons (Fsp3) is 0.278. The van der Waals surface area contributed by atoms with Crippen molar-refractivity contribution in [3.63, 3.8) is 0 Å². The van der Waals surface area contributed by atoms with Crippen LogP contribution >= 0.6 is 0 Å². The van der Waals surface area contributed by atoms with Crippen LogP contribution in [-0.2, 0) is 20.2 Å². The summed E-state index contributed by atoms with van der Waals surface area (Å²) in [6.45, 7) is 1.53. The van der Waals surface area contributed by atoms with Crippen molar-refractivity contribution in [3.05, 3.63) is 69.8 Å². The Hall–Kier alpha value is -2.74. The van der Waals surface area contributed by atoms with Crippen LogP contribution in [0.4, 0.5) is 5.69 Å². The number of carbonyl (C=O) groups excluding carboxylic acids is 1. The maximum atomic E-state index is 12.8. The van der Waals surface area contributed by atoms with Gasteiger partial charge in [0.2, 0.25) is 5.91 Å². The van der Waals surface area contributed by atoms with E-state index in [4.69, 9.17) is 0 Å². The molecule has 1 saturated carbocycles. The third-order valence-electron chi connectivity index (χ3n) is 4.87. The maximum absolute atomic E-state index is 12.8. The summed E-state index contributed by atoms with van der Waals surface area (Å²) in [5, 5.41) is 10.9. The highest BCUT2D eigenvalue weighted by atomic mass is 32.2. The summed E-state index contributed by atoms with van der Waals surface area (Å²) < 4.78 is 27.5. The van der Waals surface area contributed by atoms with Crippen LogP contribution in [0.5, 0.6) is 0 Å². The first kappa shape index (κ1) is 18.1. The molecule has 1 amide bonds. The van der Waals surface area contributed by atoms with Crippen molar-refractivity contribution in [2.75, 3.05) is 0 Å². The van der Waals surface area contributed by atoms with Crippen molar-refractivity contribution in [1.29, 1.82) is 0 Å². The fourth-order valence-electron chi connectivity index (χ4n) is 3.20. The molecule has 2 aromatic carbocycles.